The van der Waals surface area contributed by atoms with Gasteiger partial charge in [0.1, 0.15) is 6.54 Å². The van der Waals surface area contributed by atoms with Crippen molar-refractivity contribution in [1.29, 1.82) is 0 Å². The summed E-state index contributed by atoms with van der Waals surface area (Å²) in [7, 11) is -3.88. The van der Waals surface area contributed by atoms with Crippen LogP contribution in [0.15, 0.2) is 53.4 Å². The number of rotatable bonds is 3. The van der Waals surface area contributed by atoms with Crippen molar-refractivity contribution >= 4 is 21.8 Å². The van der Waals surface area contributed by atoms with Crippen LogP contribution >= 0.6 is 0 Å². The molecule has 0 bridgehead atoms. The van der Waals surface area contributed by atoms with Gasteiger partial charge in [-0.1, -0.05) is 36.4 Å². The zero-order valence-electron chi connectivity index (χ0n) is 14.5. The zero-order chi connectivity index (χ0) is 19.0. The lowest BCUT2D eigenvalue weighted by atomic mass is 9.88. The Morgan fingerprint density at radius 3 is 2.74 bits per heavy atom. The van der Waals surface area contributed by atoms with Crippen LogP contribution in [0.2, 0.25) is 0 Å². The Labute approximate surface area is 157 Å². The molecule has 140 valence electrons. The number of carbonyl (C=O) groups excluding carboxylic acids is 2. The Hall–Kier alpha value is -2.71. The second-order valence-electron chi connectivity index (χ2n) is 6.69. The number of hydrogen-bond acceptors (Lipinski definition) is 4. The van der Waals surface area contributed by atoms with Gasteiger partial charge in [0.15, 0.2) is 0 Å². The molecule has 1 atom stereocenters. The van der Waals surface area contributed by atoms with Crippen molar-refractivity contribution < 1.29 is 18.0 Å². The summed E-state index contributed by atoms with van der Waals surface area (Å²) in [6.07, 6.45) is 2.75. The van der Waals surface area contributed by atoms with E-state index < -0.39 is 21.8 Å². The molecule has 2 amide bonds. The van der Waals surface area contributed by atoms with Crippen LogP contribution in [-0.2, 0) is 21.2 Å². The molecular weight excluding hydrogens is 366 g/mol. The lowest BCUT2D eigenvalue weighted by Gasteiger charge is -2.30. The molecule has 0 aromatic heterocycles. The molecule has 0 unspecified atom stereocenters. The van der Waals surface area contributed by atoms with Crippen LogP contribution in [0.25, 0.3) is 0 Å². The maximum atomic E-state index is 12.5. The Balaban J connectivity index is 1.51. The van der Waals surface area contributed by atoms with E-state index >= 15 is 0 Å². The Morgan fingerprint density at radius 1 is 1.15 bits per heavy atom. The number of aryl methyl sites for hydroxylation is 1. The lowest BCUT2D eigenvalue weighted by Crippen LogP contribution is -2.54. The van der Waals surface area contributed by atoms with Gasteiger partial charge in [-0.05, 0) is 42.5 Å². The second-order valence-corrected chi connectivity index (χ2v) is 8.32. The number of sulfonamides is 1. The van der Waals surface area contributed by atoms with Gasteiger partial charge in [0.05, 0.1) is 16.5 Å². The summed E-state index contributed by atoms with van der Waals surface area (Å²) >= 11 is 0. The summed E-state index contributed by atoms with van der Waals surface area (Å²) < 4.78 is 24.7. The fourth-order valence-electron chi connectivity index (χ4n) is 3.65. The van der Waals surface area contributed by atoms with Crippen LogP contribution in [0.3, 0.4) is 0 Å². The second kappa shape index (κ2) is 6.79. The molecule has 27 heavy (non-hydrogen) atoms. The lowest BCUT2D eigenvalue weighted by molar-refractivity contribution is -0.122. The van der Waals surface area contributed by atoms with Gasteiger partial charge in [-0.2, -0.15) is 0 Å². The number of benzene rings is 2. The van der Waals surface area contributed by atoms with E-state index in [1.807, 2.05) is 24.3 Å². The van der Waals surface area contributed by atoms with Crippen molar-refractivity contribution in [3.8, 4) is 0 Å². The average Bonchev–Trinajstić information content (AvgIpc) is 2.66. The van der Waals surface area contributed by atoms with Crippen LogP contribution < -0.4 is 10.1 Å². The third-order valence-electron chi connectivity index (χ3n) is 4.89. The highest BCUT2D eigenvalue weighted by atomic mass is 32.2. The van der Waals surface area contributed by atoms with E-state index in [0.29, 0.717) is 0 Å². The third-order valence-corrected chi connectivity index (χ3v) is 6.28. The molecule has 0 saturated carbocycles. The molecule has 1 aliphatic heterocycles. The van der Waals surface area contributed by atoms with Gasteiger partial charge in [-0.15, -0.1) is 4.83 Å². The van der Waals surface area contributed by atoms with Crippen LogP contribution in [0.5, 0.6) is 0 Å². The largest absolute Gasteiger partial charge is 0.348 e. The highest BCUT2D eigenvalue weighted by Gasteiger charge is 2.35. The number of hydrogen-bond donors (Lipinski definition) is 2. The summed E-state index contributed by atoms with van der Waals surface area (Å²) in [5, 5.41) is 3.78. The molecule has 4 rings (SSSR count). The first-order chi connectivity index (χ1) is 13.0. The number of nitrogens with one attached hydrogen (secondary N) is 2. The molecule has 2 N–H and O–H groups in total. The van der Waals surface area contributed by atoms with Gasteiger partial charge < -0.3 is 5.32 Å². The molecule has 2 aliphatic rings. The first-order valence-electron chi connectivity index (χ1n) is 8.76. The predicted octanol–water partition coefficient (Wildman–Crippen LogP) is 1.53. The monoisotopic (exact) mass is 385 g/mol. The Kier molecular flexibility index (Phi) is 4.45. The molecular formula is C19H19N3O4S. The maximum absolute atomic E-state index is 12.5. The smallest absolute Gasteiger partial charge is 0.270 e. The standard InChI is InChI=1S/C19H19N3O4S/c23-18(20-16-10-5-7-13-6-1-2-8-14(13)16)12-22-19(24)15-9-3-4-11-17(15)27(25,26)21-22/h1-4,6,8-9,11,16,21H,5,7,10,12H2,(H,20,23)/t16-/m0/s1. The normalized spacial score (nSPS) is 20.5. The minimum Gasteiger partial charge on any atom is -0.348 e. The number of hydrazine groups is 1. The molecule has 0 fully saturated rings. The van der Waals surface area contributed by atoms with E-state index in [-0.39, 0.29) is 23.0 Å². The molecule has 0 spiro atoms. The minimum atomic E-state index is -3.88. The number of nitrogens with zero attached hydrogens (tertiary/aromatic N) is 1. The minimum absolute atomic E-state index is 0.0621. The predicted molar refractivity (Wildman–Crippen MR) is 98.1 cm³/mol. The van der Waals surface area contributed by atoms with Crippen molar-refractivity contribution in [1.82, 2.24) is 15.2 Å². The summed E-state index contributed by atoms with van der Waals surface area (Å²) in [5.41, 5.74) is 2.35. The van der Waals surface area contributed by atoms with Crippen molar-refractivity contribution in [2.75, 3.05) is 6.54 Å². The highest BCUT2D eigenvalue weighted by molar-refractivity contribution is 7.89. The van der Waals surface area contributed by atoms with Crippen LogP contribution in [0, 0.1) is 0 Å². The fourth-order valence-corrected chi connectivity index (χ4v) is 4.89. The summed E-state index contributed by atoms with van der Waals surface area (Å²) in [5.74, 6) is -0.952. The number of carbonyl (C=O) groups is 2. The number of fused-ring (bicyclic) bond motifs is 2. The summed E-state index contributed by atoms with van der Waals surface area (Å²) in [4.78, 5) is 27.2. The first kappa shape index (κ1) is 17.7. The molecule has 1 heterocycles. The average molecular weight is 385 g/mol. The molecule has 7 nitrogen and oxygen atoms in total. The van der Waals surface area contributed by atoms with Gasteiger partial charge in [-0.3, -0.25) is 14.6 Å². The maximum Gasteiger partial charge on any atom is 0.270 e. The Bertz CT molecular complexity index is 1020. The van der Waals surface area contributed by atoms with Gasteiger partial charge in [-0.25, -0.2) is 8.42 Å². The van der Waals surface area contributed by atoms with Crippen molar-refractivity contribution in [3.63, 3.8) is 0 Å². The van der Waals surface area contributed by atoms with E-state index in [1.165, 1.54) is 17.7 Å². The van der Waals surface area contributed by atoms with Gasteiger partial charge in [0.25, 0.3) is 15.9 Å². The van der Waals surface area contributed by atoms with Gasteiger partial charge in [0, 0.05) is 0 Å². The van der Waals surface area contributed by atoms with Crippen molar-refractivity contribution in [3.05, 3.63) is 65.2 Å². The quantitative estimate of drug-likeness (QED) is 0.838. The fraction of sp³-hybridized carbons (Fsp3) is 0.263. The van der Waals surface area contributed by atoms with Gasteiger partial charge >= 0.3 is 0 Å². The zero-order valence-corrected chi connectivity index (χ0v) is 15.3. The molecule has 0 radical (unpaired) electrons. The van der Waals surface area contributed by atoms with E-state index in [1.54, 1.807) is 12.1 Å². The van der Waals surface area contributed by atoms with Crippen molar-refractivity contribution in [2.45, 2.75) is 30.2 Å². The van der Waals surface area contributed by atoms with Crippen LogP contribution in [0.4, 0.5) is 0 Å². The summed E-state index contributed by atoms with van der Waals surface area (Å²) in [6.45, 7) is -0.384. The third kappa shape index (κ3) is 3.33. The van der Waals surface area contributed by atoms with Gasteiger partial charge in [0.2, 0.25) is 5.91 Å². The molecule has 2 aromatic carbocycles. The molecule has 2 aromatic rings. The van der Waals surface area contributed by atoms with Crippen LogP contribution in [0.1, 0.15) is 40.4 Å². The van der Waals surface area contributed by atoms with Crippen molar-refractivity contribution in [2.24, 2.45) is 0 Å². The van der Waals surface area contributed by atoms with E-state index in [2.05, 4.69) is 10.1 Å². The molecule has 0 saturated heterocycles. The highest BCUT2D eigenvalue weighted by Crippen LogP contribution is 2.29. The van der Waals surface area contributed by atoms with E-state index in [4.69, 9.17) is 0 Å². The Morgan fingerprint density at radius 2 is 1.89 bits per heavy atom. The molecule has 8 heteroatoms. The van der Waals surface area contributed by atoms with Crippen LogP contribution in [-0.4, -0.2) is 31.8 Å². The summed E-state index contributed by atoms with van der Waals surface area (Å²) in [6, 6.07) is 13.8. The van der Waals surface area contributed by atoms with E-state index in [9.17, 15) is 18.0 Å². The van der Waals surface area contributed by atoms with E-state index in [0.717, 1.165) is 29.8 Å². The SMILES string of the molecule is O=C(CN1NS(=O)(=O)c2ccccc2C1=O)N[C@H]1CCCc2ccccc21. The topological polar surface area (TPSA) is 95.6 Å². The first-order valence-corrected chi connectivity index (χ1v) is 10.2. The number of amides is 2. The molecule has 1 aliphatic carbocycles.